The molecule has 0 heterocycles. The molecule has 2 rings (SSSR count). The molecule has 1 atom stereocenters. The average Bonchev–Trinajstić information content (AvgIpc) is 2.78. The van der Waals surface area contributed by atoms with E-state index in [4.69, 9.17) is 42.1 Å². The van der Waals surface area contributed by atoms with Crippen molar-refractivity contribution in [2.45, 2.75) is 26.8 Å². The number of azo groups is 1. The third-order valence-electron chi connectivity index (χ3n) is 4.28. The summed E-state index contributed by atoms with van der Waals surface area (Å²) in [7, 11) is 2.84. The minimum Gasteiger partial charge on any atom is -0.493 e. The predicted molar refractivity (Wildman–Crippen MR) is 126 cm³/mol. The minimum absolute atomic E-state index is 0.136. The highest BCUT2D eigenvalue weighted by atomic mass is 35.5. The van der Waals surface area contributed by atoms with Crippen LogP contribution in [0.5, 0.6) is 23.0 Å². The number of ether oxygens (including phenoxy) is 4. The molecule has 9 nitrogen and oxygen atoms in total. The lowest BCUT2D eigenvalue weighted by Gasteiger charge is -2.16. The van der Waals surface area contributed by atoms with Gasteiger partial charge in [-0.1, -0.05) is 23.2 Å². The molecule has 0 saturated heterocycles. The summed E-state index contributed by atoms with van der Waals surface area (Å²) in [6, 6.07) is 4.82. The molecule has 0 saturated carbocycles. The number of nitrogens with zero attached hydrogens (tertiary/aromatic N) is 2. The summed E-state index contributed by atoms with van der Waals surface area (Å²) in [5, 5.41) is 11.0. The molecule has 0 radical (unpaired) electrons. The first-order chi connectivity index (χ1) is 15.8. The normalized spacial score (nSPS) is 11.7. The maximum Gasteiger partial charge on any atom is 0.258 e. The van der Waals surface area contributed by atoms with Crippen LogP contribution < -0.4 is 24.3 Å². The first kappa shape index (κ1) is 26.2. The Morgan fingerprint density at radius 3 is 2.15 bits per heavy atom. The van der Waals surface area contributed by atoms with Gasteiger partial charge in [0.1, 0.15) is 11.4 Å². The Balaban J connectivity index is 2.43. The summed E-state index contributed by atoms with van der Waals surface area (Å²) in [5.41, 5.74) is 0.275. The Labute approximate surface area is 202 Å². The molecule has 1 N–H and O–H groups in total. The van der Waals surface area contributed by atoms with Crippen LogP contribution in [-0.4, -0.2) is 45.2 Å². The first-order valence-corrected chi connectivity index (χ1v) is 10.7. The van der Waals surface area contributed by atoms with Crippen LogP contribution in [0.25, 0.3) is 0 Å². The van der Waals surface area contributed by atoms with Gasteiger partial charge < -0.3 is 24.3 Å². The summed E-state index contributed by atoms with van der Waals surface area (Å²) in [6.07, 6.45) is 0. The number of benzene rings is 2. The van der Waals surface area contributed by atoms with Gasteiger partial charge in [-0.25, -0.2) is 0 Å². The van der Waals surface area contributed by atoms with Gasteiger partial charge in [0.2, 0.25) is 6.04 Å². The van der Waals surface area contributed by atoms with E-state index in [0.717, 1.165) is 0 Å². The topological polar surface area (TPSA) is 108 Å². The van der Waals surface area contributed by atoms with Crippen LogP contribution in [0.3, 0.4) is 0 Å². The summed E-state index contributed by atoms with van der Waals surface area (Å²) < 4.78 is 21.7. The van der Waals surface area contributed by atoms with Crippen LogP contribution in [0.1, 0.15) is 20.8 Å². The molecule has 11 heteroatoms. The summed E-state index contributed by atoms with van der Waals surface area (Å²) in [6.45, 7) is 5.53. The zero-order valence-electron chi connectivity index (χ0n) is 18.9. The second-order valence-corrected chi connectivity index (χ2v) is 7.28. The van der Waals surface area contributed by atoms with E-state index in [0.29, 0.717) is 24.7 Å². The van der Waals surface area contributed by atoms with E-state index in [1.807, 2.05) is 6.92 Å². The van der Waals surface area contributed by atoms with Gasteiger partial charge in [0.15, 0.2) is 28.8 Å². The van der Waals surface area contributed by atoms with Crippen LogP contribution in [0.4, 0.5) is 11.4 Å². The maximum absolute atomic E-state index is 12.9. The highest BCUT2D eigenvalue weighted by Gasteiger charge is 2.27. The number of methoxy groups -OCH3 is 2. The van der Waals surface area contributed by atoms with Gasteiger partial charge in [-0.3, -0.25) is 9.59 Å². The van der Waals surface area contributed by atoms with Gasteiger partial charge >= 0.3 is 0 Å². The standard InChI is InChI=1S/C22H25Cl2N3O6/c1-6-32-16-11-9-14(24)19(21(16)33-7-2)27-26-17(12(3)28)22(29)25-18-13(23)8-10-15(30-4)20(18)31-5/h8-11,17H,6-7H2,1-5H3,(H,25,29). The number of hydrogen-bond acceptors (Lipinski definition) is 8. The minimum atomic E-state index is -1.49. The van der Waals surface area contributed by atoms with Gasteiger partial charge in [0, 0.05) is 0 Å². The lowest BCUT2D eigenvalue weighted by Crippen LogP contribution is -2.32. The van der Waals surface area contributed by atoms with Gasteiger partial charge in [-0.2, -0.15) is 5.11 Å². The van der Waals surface area contributed by atoms with E-state index in [9.17, 15) is 9.59 Å². The number of carbonyl (C=O) groups excluding carboxylic acids is 2. The third-order valence-corrected chi connectivity index (χ3v) is 4.90. The van der Waals surface area contributed by atoms with Crippen molar-refractivity contribution in [3.05, 3.63) is 34.3 Å². The molecule has 1 unspecified atom stereocenters. The number of anilines is 1. The number of nitrogens with one attached hydrogen (secondary N) is 1. The number of amides is 1. The fourth-order valence-corrected chi connectivity index (χ4v) is 3.20. The van der Waals surface area contributed by atoms with Crippen LogP contribution in [0.2, 0.25) is 10.0 Å². The van der Waals surface area contributed by atoms with Gasteiger partial charge in [-0.05, 0) is 45.0 Å². The van der Waals surface area contributed by atoms with E-state index in [2.05, 4.69) is 15.5 Å². The number of Topliss-reactive ketones (excluding diaryl/α,β-unsaturated/α-hetero) is 1. The summed E-state index contributed by atoms with van der Waals surface area (Å²) in [5.74, 6) is -0.105. The van der Waals surface area contributed by atoms with Gasteiger partial charge in [-0.15, -0.1) is 5.11 Å². The Bertz CT molecular complexity index is 1050. The quantitative estimate of drug-likeness (QED) is 0.324. The fourth-order valence-electron chi connectivity index (χ4n) is 2.82. The van der Waals surface area contributed by atoms with Crippen LogP contribution in [0.15, 0.2) is 34.5 Å². The van der Waals surface area contributed by atoms with Crippen molar-refractivity contribution < 1.29 is 28.5 Å². The van der Waals surface area contributed by atoms with E-state index in [1.165, 1.54) is 27.2 Å². The maximum atomic E-state index is 12.9. The molecule has 0 aliphatic rings. The predicted octanol–water partition coefficient (Wildman–Crippen LogP) is 5.49. The molecule has 1 amide bonds. The lowest BCUT2D eigenvalue weighted by molar-refractivity contribution is -0.126. The number of ketones is 1. The first-order valence-electron chi connectivity index (χ1n) is 9.99. The molecule has 2 aromatic carbocycles. The van der Waals surface area contributed by atoms with Crippen molar-refractivity contribution in [1.29, 1.82) is 0 Å². The largest absolute Gasteiger partial charge is 0.493 e. The highest BCUT2D eigenvalue weighted by Crippen LogP contribution is 2.43. The molecule has 0 fully saturated rings. The average molecular weight is 498 g/mol. The second kappa shape index (κ2) is 12.3. The van der Waals surface area contributed by atoms with E-state index in [1.54, 1.807) is 25.1 Å². The van der Waals surface area contributed by atoms with Crippen molar-refractivity contribution in [3.63, 3.8) is 0 Å². The smallest absolute Gasteiger partial charge is 0.258 e. The second-order valence-electron chi connectivity index (χ2n) is 6.47. The Morgan fingerprint density at radius 2 is 1.58 bits per heavy atom. The monoisotopic (exact) mass is 497 g/mol. The summed E-state index contributed by atoms with van der Waals surface area (Å²) >= 11 is 12.5. The zero-order chi connectivity index (χ0) is 24.5. The van der Waals surface area contributed by atoms with Gasteiger partial charge in [0.25, 0.3) is 5.91 Å². The molecular weight excluding hydrogens is 473 g/mol. The zero-order valence-corrected chi connectivity index (χ0v) is 20.4. The Morgan fingerprint density at radius 1 is 0.939 bits per heavy atom. The van der Waals surface area contributed by atoms with Crippen molar-refractivity contribution >= 4 is 46.3 Å². The van der Waals surface area contributed by atoms with Crippen LogP contribution >= 0.6 is 23.2 Å². The fraction of sp³-hybridized carbons (Fsp3) is 0.364. The molecule has 0 aliphatic heterocycles. The Hall–Kier alpha value is -3.04. The Kier molecular flexibility index (Phi) is 9.74. The highest BCUT2D eigenvalue weighted by molar-refractivity contribution is 6.34. The molecule has 0 aliphatic carbocycles. The number of carbonyl (C=O) groups is 2. The van der Waals surface area contributed by atoms with E-state index >= 15 is 0 Å². The third kappa shape index (κ3) is 6.27. The van der Waals surface area contributed by atoms with Crippen LogP contribution in [0, 0.1) is 0 Å². The van der Waals surface area contributed by atoms with Crippen molar-refractivity contribution in [1.82, 2.24) is 0 Å². The van der Waals surface area contributed by atoms with E-state index in [-0.39, 0.29) is 32.9 Å². The number of halogens is 2. The molecule has 0 spiro atoms. The van der Waals surface area contributed by atoms with E-state index < -0.39 is 17.7 Å². The number of rotatable bonds is 11. The van der Waals surface area contributed by atoms with Crippen molar-refractivity contribution in [2.75, 3.05) is 32.8 Å². The summed E-state index contributed by atoms with van der Waals surface area (Å²) in [4.78, 5) is 25.2. The molecule has 33 heavy (non-hydrogen) atoms. The molecule has 0 bridgehead atoms. The molecule has 2 aromatic rings. The molecule has 178 valence electrons. The van der Waals surface area contributed by atoms with Gasteiger partial charge in [0.05, 0.1) is 37.5 Å². The molecular formula is C22H25Cl2N3O6. The van der Waals surface area contributed by atoms with Crippen molar-refractivity contribution in [3.8, 4) is 23.0 Å². The number of hydrogen-bond donors (Lipinski definition) is 1. The lowest BCUT2D eigenvalue weighted by atomic mass is 10.2. The van der Waals surface area contributed by atoms with Crippen molar-refractivity contribution in [2.24, 2.45) is 10.2 Å². The van der Waals surface area contributed by atoms with Crippen LogP contribution in [-0.2, 0) is 9.59 Å². The SMILES string of the molecule is CCOc1ccc(Cl)c(N=NC(C(C)=O)C(=O)Nc2c(Cl)ccc(OC)c2OC)c1OCC. The molecule has 0 aromatic heterocycles.